The van der Waals surface area contributed by atoms with E-state index in [4.69, 9.17) is 5.11 Å². The molecule has 124 valence electrons. The minimum atomic E-state index is -1.29. The van der Waals surface area contributed by atoms with E-state index in [0.717, 1.165) is 25.3 Å². The third kappa shape index (κ3) is 6.72. The van der Waals surface area contributed by atoms with Crippen LogP contribution in [0.1, 0.15) is 79.0 Å². The number of hydrogen-bond donors (Lipinski definition) is 2. The summed E-state index contributed by atoms with van der Waals surface area (Å²) >= 11 is 0. The van der Waals surface area contributed by atoms with E-state index in [1.165, 1.54) is 37.8 Å². The van der Waals surface area contributed by atoms with Crippen molar-refractivity contribution in [1.29, 1.82) is 0 Å². The van der Waals surface area contributed by atoms with Crippen LogP contribution in [0.5, 0.6) is 5.75 Å². The minimum Gasteiger partial charge on any atom is -0.872 e. The van der Waals surface area contributed by atoms with Crippen molar-refractivity contribution in [1.82, 2.24) is 6.15 Å². The standard InChI is InChI=1S/C17H24O4.H3N/c1-2-3-4-5-6-7-8-9-15(18)13-10-11-16(19)14(12-13)17(20)21;/h10-12,19H,2-9H2,1H3,(H,20,21);1H3. The molecule has 5 N–H and O–H groups in total. The summed E-state index contributed by atoms with van der Waals surface area (Å²) in [5, 5.41) is 20.2. The van der Waals surface area contributed by atoms with Crippen LogP contribution in [0.15, 0.2) is 18.2 Å². The molecular weight excluding hydrogens is 282 g/mol. The van der Waals surface area contributed by atoms with E-state index in [1.807, 2.05) is 0 Å². The fourth-order valence-electron chi connectivity index (χ4n) is 2.26. The van der Waals surface area contributed by atoms with Gasteiger partial charge in [-0.1, -0.05) is 63.3 Å². The lowest BCUT2D eigenvalue weighted by Gasteiger charge is -2.11. The van der Waals surface area contributed by atoms with E-state index >= 15 is 0 Å². The molecular formula is C17H27NO4. The van der Waals surface area contributed by atoms with E-state index < -0.39 is 11.7 Å². The Bertz CT molecular complexity index is 486. The van der Waals surface area contributed by atoms with Crippen molar-refractivity contribution in [3.05, 3.63) is 29.3 Å². The molecule has 0 atom stereocenters. The second kappa shape index (κ2) is 10.8. The first kappa shape index (κ1) is 20.1. The van der Waals surface area contributed by atoms with Crippen molar-refractivity contribution in [2.75, 3.05) is 0 Å². The number of rotatable bonds is 10. The van der Waals surface area contributed by atoms with Crippen LogP contribution in [0.2, 0.25) is 0 Å². The number of Topliss-reactive ketones (excluding diaryl/α,β-unsaturated/α-hetero) is 1. The Balaban J connectivity index is 0.00000441. The first-order valence-electron chi connectivity index (χ1n) is 7.63. The molecule has 0 aromatic heterocycles. The number of hydrogen-bond acceptors (Lipinski definition) is 3. The van der Waals surface area contributed by atoms with Gasteiger partial charge in [0.2, 0.25) is 0 Å². The van der Waals surface area contributed by atoms with Crippen LogP contribution in [-0.4, -0.2) is 16.9 Å². The van der Waals surface area contributed by atoms with Gasteiger partial charge in [-0.2, -0.15) is 0 Å². The number of carboxylic acids is 1. The van der Waals surface area contributed by atoms with Crippen molar-refractivity contribution in [3.63, 3.8) is 0 Å². The van der Waals surface area contributed by atoms with Crippen LogP contribution in [-0.2, 0) is 0 Å². The molecule has 0 heterocycles. The van der Waals surface area contributed by atoms with Crippen molar-refractivity contribution < 1.29 is 19.8 Å². The Morgan fingerprint density at radius 2 is 1.64 bits per heavy atom. The average Bonchev–Trinajstić information content (AvgIpc) is 2.46. The molecule has 1 aromatic carbocycles. The Labute approximate surface area is 131 Å². The molecule has 0 fully saturated rings. The van der Waals surface area contributed by atoms with Crippen LogP contribution in [0.4, 0.5) is 0 Å². The molecule has 5 heteroatoms. The molecule has 5 nitrogen and oxygen atoms in total. The second-order valence-corrected chi connectivity index (χ2v) is 5.31. The lowest BCUT2D eigenvalue weighted by atomic mass is 10.0. The van der Waals surface area contributed by atoms with Crippen molar-refractivity contribution >= 4 is 11.8 Å². The highest BCUT2D eigenvalue weighted by atomic mass is 16.4. The quantitative estimate of drug-likeness (QED) is 0.499. The zero-order chi connectivity index (χ0) is 15.7. The molecule has 0 unspecified atom stereocenters. The predicted octanol–water partition coefficient (Wildman–Crippen LogP) is 4.16. The molecule has 0 amide bonds. The normalized spacial score (nSPS) is 10.0. The molecule has 0 bridgehead atoms. The Morgan fingerprint density at radius 3 is 2.23 bits per heavy atom. The van der Waals surface area contributed by atoms with Gasteiger partial charge in [0.05, 0.1) is 5.56 Å². The fraction of sp³-hybridized carbons (Fsp3) is 0.529. The molecule has 0 aliphatic heterocycles. The van der Waals surface area contributed by atoms with Crippen molar-refractivity contribution in [3.8, 4) is 5.75 Å². The molecule has 0 spiro atoms. The number of aromatic carboxylic acids is 1. The largest absolute Gasteiger partial charge is 0.872 e. The number of unbranched alkanes of at least 4 members (excludes halogenated alkanes) is 6. The summed E-state index contributed by atoms with van der Waals surface area (Å²) in [5.41, 5.74) is -0.0154. The summed E-state index contributed by atoms with van der Waals surface area (Å²) in [6, 6.07) is 3.76. The fourth-order valence-corrected chi connectivity index (χ4v) is 2.26. The second-order valence-electron chi connectivity index (χ2n) is 5.31. The van der Waals surface area contributed by atoms with Gasteiger partial charge in [-0.15, -0.1) is 0 Å². The molecule has 1 aromatic rings. The summed E-state index contributed by atoms with van der Waals surface area (Å²) in [6.07, 6.45) is 8.30. The monoisotopic (exact) mass is 309 g/mol. The van der Waals surface area contributed by atoms with Gasteiger partial charge in [-0.3, -0.25) is 4.79 Å². The maximum Gasteiger partial charge on any atom is 0.335 e. The van der Waals surface area contributed by atoms with Crippen LogP contribution in [0.3, 0.4) is 0 Å². The van der Waals surface area contributed by atoms with Crippen molar-refractivity contribution in [2.24, 2.45) is 0 Å². The summed E-state index contributed by atoms with van der Waals surface area (Å²) in [6.45, 7) is 2.18. The number of quaternary nitrogens is 1. The molecule has 22 heavy (non-hydrogen) atoms. The van der Waals surface area contributed by atoms with Gasteiger partial charge in [0.25, 0.3) is 0 Å². The van der Waals surface area contributed by atoms with Gasteiger partial charge in [-0.25, -0.2) is 4.79 Å². The van der Waals surface area contributed by atoms with Crippen LogP contribution < -0.4 is 11.3 Å². The summed E-state index contributed by atoms with van der Waals surface area (Å²) < 4.78 is 0. The SMILES string of the molecule is CCCCCCCCCC(=O)c1ccc([O-])c(C(=O)O)c1.[NH4+]. The molecule has 0 aliphatic carbocycles. The first-order chi connectivity index (χ1) is 10.1. The van der Waals surface area contributed by atoms with Crippen molar-refractivity contribution in [2.45, 2.75) is 58.3 Å². The first-order valence-corrected chi connectivity index (χ1v) is 7.63. The topological polar surface area (TPSA) is 114 Å². The van der Waals surface area contributed by atoms with Gasteiger partial charge >= 0.3 is 5.97 Å². The van der Waals surface area contributed by atoms with E-state index in [1.54, 1.807) is 0 Å². The zero-order valence-corrected chi connectivity index (χ0v) is 13.6. The maximum atomic E-state index is 12.0. The summed E-state index contributed by atoms with van der Waals surface area (Å²) in [5.74, 6) is -1.94. The Kier molecular flexibility index (Phi) is 9.87. The lowest BCUT2D eigenvalue weighted by Crippen LogP contribution is -2.07. The number of carboxylic acid groups (broad SMARTS) is 1. The predicted molar refractivity (Wildman–Crippen MR) is 85.8 cm³/mol. The van der Waals surface area contributed by atoms with Gasteiger partial charge in [0.15, 0.2) is 5.78 Å². The molecule has 0 saturated carbocycles. The zero-order valence-electron chi connectivity index (χ0n) is 13.6. The molecule has 0 saturated heterocycles. The van der Waals surface area contributed by atoms with Crippen LogP contribution in [0, 0.1) is 0 Å². The molecule has 0 aliphatic rings. The summed E-state index contributed by atoms with van der Waals surface area (Å²) in [7, 11) is 0. The Morgan fingerprint density at radius 1 is 1.05 bits per heavy atom. The number of carbonyl (C=O) groups excluding carboxylic acids is 1. The van der Waals surface area contributed by atoms with Gasteiger partial charge in [0.1, 0.15) is 0 Å². The van der Waals surface area contributed by atoms with Gasteiger partial charge in [0, 0.05) is 12.0 Å². The number of carbonyl (C=O) groups is 2. The maximum absolute atomic E-state index is 12.0. The van der Waals surface area contributed by atoms with Gasteiger partial charge in [-0.05, 0) is 12.5 Å². The van der Waals surface area contributed by atoms with E-state index in [9.17, 15) is 14.7 Å². The van der Waals surface area contributed by atoms with Crippen LogP contribution >= 0.6 is 0 Å². The molecule has 1 rings (SSSR count). The van der Waals surface area contributed by atoms with Crippen LogP contribution in [0.25, 0.3) is 0 Å². The average molecular weight is 309 g/mol. The van der Waals surface area contributed by atoms with E-state index in [-0.39, 0.29) is 17.5 Å². The third-order valence-corrected chi connectivity index (χ3v) is 3.54. The third-order valence-electron chi connectivity index (χ3n) is 3.54. The van der Waals surface area contributed by atoms with E-state index in [2.05, 4.69) is 6.92 Å². The highest BCUT2D eigenvalue weighted by Gasteiger charge is 2.10. The molecule has 0 radical (unpaired) electrons. The summed E-state index contributed by atoms with van der Waals surface area (Å²) in [4.78, 5) is 22.8. The number of ketones is 1. The highest BCUT2D eigenvalue weighted by Crippen LogP contribution is 2.18. The lowest BCUT2D eigenvalue weighted by molar-refractivity contribution is -0.268. The highest BCUT2D eigenvalue weighted by molar-refractivity contribution is 5.99. The Hall–Kier alpha value is -1.88. The number of benzene rings is 1. The van der Waals surface area contributed by atoms with Gasteiger partial charge < -0.3 is 16.4 Å². The van der Waals surface area contributed by atoms with E-state index in [0.29, 0.717) is 12.0 Å². The minimum absolute atomic E-state index is 0. The smallest absolute Gasteiger partial charge is 0.335 e.